The summed E-state index contributed by atoms with van der Waals surface area (Å²) in [6.45, 7) is 2.01. The molecule has 4 N–H and O–H groups in total. The Kier molecular flexibility index (Phi) is 2.29. The number of aryl methyl sites for hydroxylation is 1. The minimum atomic E-state index is 0.592. The van der Waals surface area contributed by atoms with Gasteiger partial charge in [-0.2, -0.15) is 0 Å². The molecule has 0 aliphatic rings. The number of aromatic nitrogens is 1. The van der Waals surface area contributed by atoms with Crippen LogP contribution in [0.2, 0.25) is 0 Å². The summed E-state index contributed by atoms with van der Waals surface area (Å²) in [6.07, 6.45) is 1.84. The van der Waals surface area contributed by atoms with Crippen LogP contribution in [0.25, 0.3) is 11.3 Å². The summed E-state index contributed by atoms with van der Waals surface area (Å²) < 4.78 is 0. The number of rotatable bonds is 1. The van der Waals surface area contributed by atoms with Gasteiger partial charge in [-0.3, -0.25) is 4.98 Å². The van der Waals surface area contributed by atoms with E-state index >= 15 is 0 Å². The van der Waals surface area contributed by atoms with Crippen LogP contribution in [0.4, 0.5) is 11.4 Å². The highest BCUT2D eigenvalue weighted by Gasteiger charge is 2.01. The second kappa shape index (κ2) is 3.61. The smallest absolute Gasteiger partial charge is 0.0702 e. The third-order valence-electron chi connectivity index (χ3n) is 2.29. The van der Waals surface area contributed by atoms with Crippen molar-refractivity contribution in [1.29, 1.82) is 0 Å². The summed E-state index contributed by atoms with van der Waals surface area (Å²) in [5.41, 5.74) is 15.6. The monoisotopic (exact) mass is 199 g/mol. The zero-order valence-corrected chi connectivity index (χ0v) is 8.57. The lowest BCUT2D eigenvalue weighted by molar-refractivity contribution is 1.27. The van der Waals surface area contributed by atoms with Crippen LogP contribution in [0.15, 0.2) is 36.5 Å². The molecule has 0 bridgehead atoms. The Morgan fingerprint density at radius 1 is 1.00 bits per heavy atom. The molecule has 15 heavy (non-hydrogen) atoms. The lowest BCUT2D eigenvalue weighted by Gasteiger charge is -2.04. The zero-order valence-electron chi connectivity index (χ0n) is 8.57. The fraction of sp³-hybridized carbons (Fsp3) is 0.0833. The van der Waals surface area contributed by atoms with Gasteiger partial charge in [-0.15, -0.1) is 0 Å². The number of benzene rings is 1. The first kappa shape index (κ1) is 9.52. The Morgan fingerprint density at radius 2 is 1.80 bits per heavy atom. The van der Waals surface area contributed by atoms with E-state index in [1.165, 1.54) is 0 Å². The van der Waals surface area contributed by atoms with Crippen molar-refractivity contribution in [3.05, 3.63) is 42.1 Å². The first-order valence-corrected chi connectivity index (χ1v) is 4.75. The summed E-state index contributed by atoms with van der Waals surface area (Å²) in [4.78, 5) is 4.32. The minimum Gasteiger partial charge on any atom is -0.397 e. The molecule has 1 heterocycles. The van der Waals surface area contributed by atoms with Crippen molar-refractivity contribution >= 4 is 11.4 Å². The summed E-state index contributed by atoms with van der Waals surface area (Å²) in [6, 6.07) is 9.55. The van der Waals surface area contributed by atoms with Crippen molar-refractivity contribution in [2.75, 3.05) is 11.5 Å². The Bertz CT molecular complexity index is 475. The number of anilines is 2. The number of pyridine rings is 1. The molecule has 0 aliphatic carbocycles. The molecule has 0 atom stereocenters. The van der Waals surface area contributed by atoms with E-state index in [-0.39, 0.29) is 0 Å². The summed E-state index contributed by atoms with van der Waals surface area (Å²) in [7, 11) is 0. The molecule has 0 unspecified atom stereocenters. The molecule has 0 spiro atoms. The standard InChI is InChI=1S/C12H13N3/c1-8-2-5-12(15-7-8)9-3-4-10(13)11(14)6-9/h2-7H,13-14H2,1H3. The molecule has 1 aromatic heterocycles. The molecule has 0 aliphatic heterocycles. The van der Waals surface area contributed by atoms with E-state index < -0.39 is 0 Å². The Balaban J connectivity index is 2.45. The van der Waals surface area contributed by atoms with Crippen molar-refractivity contribution in [3.8, 4) is 11.3 Å². The maximum Gasteiger partial charge on any atom is 0.0702 e. The van der Waals surface area contributed by atoms with Crippen molar-refractivity contribution in [3.63, 3.8) is 0 Å². The van der Waals surface area contributed by atoms with Crippen LogP contribution in [0, 0.1) is 6.92 Å². The van der Waals surface area contributed by atoms with Gasteiger partial charge in [0.2, 0.25) is 0 Å². The molecule has 2 rings (SSSR count). The number of nitrogens with zero attached hydrogens (tertiary/aromatic N) is 1. The molecule has 3 nitrogen and oxygen atoms in total. The second-order valence-corrected chi connectivity index (χ2v) is 3.56. The summed E-state index contributed by atoms with van der Waals surface area (Å²) in [5.74, 6) is 0. The van der Waals surface area contributed by atoms with Crippen LogP contribution in [0.5, 0.6) is 0 Å². The van der Waals surface area contributed by atoms with Crippen LogP contribution in [-0.4, -0.2) is 4.98 Å². The summed E-state index contributed by atoms with van der Waals surface area (Å²) in [5, 5.41) is 0. The van der Waals surface area contributed by atoms with Gasteiger partial charge in [-0.05, 0) is 30.7 Å². The predicted molar refractivity (Wildman–Crippen MR) is 63.2 cm³/mol. The van der Waals surface area contributed by atoms with Gasteiger partial charge in [0.25, 0.3) is 0 Å². The van der Waals surface area contributed by atoms with Crippen molar-refractivity contribution in [2.24, 2.45) is 0 Å². The van der Waals surface area contributed by atoms with Gasteiger partial charge in [0.1, 0.15) is 0 Å². The molecule has 0 fully saturated rings. The van der Waals surface area contributed by atoms with Crippen molar-refractivity contribution in [1.82, 2.24) is 4.98 Å². The Hall–Kier alpha value is -2.03. The van der Waals surface area contributed by atoms with Crippen molar-refractivity contribution < 1.29 is 0 Å². The lowest BCUT2D eigenvalue weighted by Crippen LogP contribution is -1.94. The first-order chi connectivity index (χ1) is 7.16. The molecule has 1 aromatic carbocycles. The van der Waals surface area contributed by atoms with E-state index in [1.54, 1.807) is 6.07 Å². The van der Waals surface area contributed by atoms with Crippen molar-refractivity contribution in [2.45, 2.75) is 6.92 Å². The molecular weight excluding hydrogens is 186 g/mol. The molecule has 3 heteroatoms. The quantitative estimate of drug-likeness (QED) is 0.692. The van der Waals surface area contributed by atoms with E-state index in [4.69, 9.17) is 11.5 Å². The average Bonchev–Trinajstić information content (AvgIpc) is 2.23. The first-order valence-electron chi connectivity index (χ1n) is 4.75. The normalized spacial score (nSPS) is 10.2. The predicted octanol–water partition coefficient (Wildman–Crippen LogP) is 2.22. The average molecular weight is 199 g/mol. The largest absolute Gasteiger partial charge is 0.397 e. The molecule has 0 saturated carbocycles. The number of nitrogens with two attached hydrogens (primary N) is 2. The van der Waals surface area contributed by atoms with Gasteiger partial charge in [-0.25, -0.2) is 0 Å². The van der Waals surface area contributed by atoms with Crippen LogP contribution in [-0.2, 0) is 0 Å². The highest BCUT2D eigenvalue weighted by Crippen LogP contribution is 2.23. The maximum absolute atomic E-state index is 5.74. The van der Waals surface area contributed by atoms with E-state index in [0.717, 1.165) is 16.8 Å². The van der Waals surface area contributed by atoms with Crippen LogP contribution >= 0.6 is 0 Å². The second-order valence-electron chi connectivity index (χ2n) is 3.56. The minimum absolute atomic E-state index is 0.592. The van der Waals surface area contributed by atoms with Gasteiger partial charge >= 0.3 is 0 Å². The van der Waals surface area contributed by atoms with Gasteiger partial charge in [-0.1, -0.05) is 12.1 Å². The molecule has 0 radical (unpaired) electrons. The van der Waals surface area contributed by atoms with Gasteiger partial charge in [0.05, 0.1) is 17.1 Å². The lowest BCUT2D eigenvalue weighted by atomic mass is 10.1. The number of nitrogen functional groups attached to an aromatic ring is 2. The third kappa shape index (κ3) is 1.91. The van der Waals surface area contributed by atoms with Gasteiger partial charge in [0.15, 0.2) is 0 Å². The van der Waals surface area contributed by atoms with Crippen LogP contribution in [0.1, 0.15) is 5.56 Å². The Morgan fingerprint density at radius 3 is 2.40 bits per heavy atom. The molecule has 2 aromatic rings. The Labute approximate surface area is 88.8 Å². The highest BCUT2D eigenvalue weighted by molar-refractivity contribution is 5.72. The maximum atomic E-state index is 5.74. The van der Waals surface area contributed by atoms with E-state index in [0.29, 0.717) is 11.4 Å². The van der Waals surface area contributed by atoms with Crippen LogP contribution < -0.4 is 11.5 Å². The molecule has 0 saturated heterocycles. The van der Waals surface area contributed by atoms with Gasteiger partial charge in [0, 0.05) is 11.8 Å². The molecular formula is C12H13N3. The fourth-order valence-electron chi connectivity index (χ4n) is 1.37. The van der Waals surface area contributed by atoms with Gasteiger partial charge < -0.3 is 11.5 Å². The topological polar surface area (TPSA) is 64.9 Å². The molecule has 76 valence electrons. The highest BCUT2D eigenvalue weighted by atomic mass is 14.7. The van der Waals surface area contributed by atoms with Crippen LogP contribution in [0.3, 0.4) is 0 Å². The molecule has 0 amide bonds. The van der Waals surface area contributed by atoms with E-state index in [9.17, 15) is 0 Å². The fourth-order valence-corrected chi connectivity index (χ4v) is 1.37. The number of hydrogen-bond donors (Lipinski definition) is 2. The SMILES string of the molecule is Cc1ccc(-c2ccc(N)c(N)c2)nc1. The number of hydrogen-bond acceptors (Lipinski definition) is 3. The third-order valence-corrected chi connectivity index (χ3v) is 2.29. The van der Waals surface area contributed by atoms with E-state index in [2.05, 4.69) is 4.98 Å². The van der Waals surface area contributed by atoms with E-state index in [1.807, 2.05) is 37.4 Å². The zero-order chi connectivity index (χ0) is 10.8. The summed E-state index contributed by atoms with van der Waals surface area (Å²) >= 11 is 0.